The van der Waals surface area contributed by atoms with Crippen molar-refractivity contribution >= 4 is 98.4 Å². The van der Waals surface area contributed by atoms with Gasteiger partial charge in [-0.25, -0.2) is 4.99 Å². The van der Waals surface area contributed by atoms with Gasteiger partial charge in [-0.15, -0.1) is 0 Å². The maximum absolute atomic E-state index is 5.27. The molecule has 0 spiro atoms. The molecule has 2 N–H and O–H groups in total. The molecule has 0 saturated heterocycles. The van der Waals surface area contributed by atoms with Crippen molar-refractivity contribution < 1.29 is 4.99 Å². The number of rotatable bonds is 5. The van der Waals surface area contributed by atoms with Gasteiger partial charge in [0, 0.05) is 44.0 Å². The van der Waals surface area contributed by atoms with E-state index in [1.165, 1.54) is 86.7 Å². The van der Waals surface area contributed by atoms with Gasteiger partial charge in [-0.2, -0.15) is 0 Å². The number of para-hydroxylation sites is 3. The van der Waals surface area contributed by atoms with Crippen LogP contribution in [0, 0.1) is 0 Å². The molecule has 0 radical (unpaired) electrons. The molecule has 14 rings (SSSR count). The highest BCUT2D eigenvalue weighted by Crippen LogP contribution is 2.38. The van der Waals surface area contributed by atoms with Crippen molar-refractivity contribution in [2.24, 2.45) is 4.99 Å². The standard InChI is InChI=1S/C61H39N5/c1-2-14-41(15-3-1)59-62-60(43-28-27-40-26-25-38-13-4-5-17-47(38)52(40)34-43)64-61(63-59)51-21-12-16-39-29-31-46(37-53(39)51)66-57-24-11-8-20-50(57)54-35-44-33-45(32-30-42(44)36-58(54)66)65-55-22-9-6-18-48(55)49-19-7-10-23-56(49)65/h1-37,61H,(H,62,63,64)/p+1. The number of fused-ring (bicyclic) bond motifs is 11. The molecule has 1 aliphatic heterocycles. The zero-order chi connectivity index (χ0) is 43.3. The third-order valence-corrected chi connectivity index (χ3v) is 13.8. The normalized spacial score (nSPS) is 14.2. The van der Waals surface area contributed by atoms with Gasteiger partial charge < -0.3 is 14.5 Å². The van der Waals surface area contributed by atoms with Crippen molar-refractivity contribution in [2.75, 3.05) is 0 Å². The molecule has 308 valence electrons. The lowest BCUT2D eigenvalue weighted by molar-refractivity contribution is -0.516. The van der Waals surface area contributed by atoms with Crippen LogP contribution in [0.25, 0.3) is 98.1 Å². The van der Waals surface area contributed by atoms with Crippen LogP contribution >= 0.6 is 0 Å². The van der Waals surface area contributed by atoms with E-state index < -0.39 is 0 Å². The van der Waals surface area contributed by atoms with E-state index in [0.717, 1.165) is 39.7 Å². The Kier molecular flexibility index (Phi) is 7.98. The van der Waals surface area contributed by atoms with Gasteiger partial charge >= 0.3 is 5.84 Å². The molecule has 3 heterocycles. The fourth-order valence-corrected chi connectivity index (χ4v) is 10.7. The van der Waals surface area contributed by atoms with E-state index in [2.05, 4.69) is 244 Å². The highest BCUT2D eigenvalue weighted by atomic mass is 15.2. The van der Waals surface area contributed by atoms with E-state index >= 15 is 0 Å². The van der Waals surface area contributed by atoms with E-state index in [-0.39, 0.29) is 6.17 Å². The largest absolute Gasteiger partial charge is 0.328 e. The van der Waals surface area contributed by atoms with E-state index in [4.69, 9.17) is 4.99 Å². The van der Waals surface area contributed by atoms with Crippen LogP contribution in [0.4, 0.5) is 0 Å². The average Bonchev–Trinajstić information content (AvgIpc) is 3.89. The average molecular weight is 843 g/mol. The number of amidine groups is 2. The molecule has 66 heavy (non-hydrogen) atoms. The van der Waals surface area contributed by atoms with Gasteiger partial charge in [0.2, 0.25) is 0 Å². The molecule has 1 atom stereocenters. The first-order valence-electron chi connectivity index (χ1n) is 22.6. The topological polar surface area (TPSA) is 48.2 Å². The van der Waals surface area contributed by atoms with Crippen LogP contribution in [0.15, 0.2) is 229 Å². The summed E-state index contributed by atoms with van der Waals surface area (Å²) in [6, 6.07) is 81.6. The smallest absolute Gasteiger partial charge is 0.309 e. The lowest BCUT2D eigenvalue weighted by Crippen LogP contribution is -2.80. The molecule has 5 nitrogen and oxygen atoms in total. The lowest BCUT2D eigenvalue weighted by Gasteiger charge is -2.20. The summed E-state index contributed by atoms with van der Waals surface area (Å²) < 4.78 is 4.84. The summed E-state index contributed by atoms with van der Waals surface area (Å²) in [5, 5.41) is 18.5. The monoisotopic (exact) mass is 842 g/mol. The lowest BCUT2D eigenvalue weighted by atomic mass is 9.98. The Labute approximate surface area is 379 Å². The number of aliphatic imine (C=N–C) groups is 1. The minimum Gasteiger partial charge on any atom is -0.309 e. The maximum atomic E-state index is 5.27. The summed E-state index contributed by atoms with van der Waals surface area (Å²) in [5.41, 5.74) is 10.3. The summed E-state index contributed by atoms with van der Waals surface area (Å²) in [6.07, 6.45) is -0.263. The molecule has 13 aromatic rings. The third-order valence-electron chi connectivity index (χ3n) is 13.8. The minimum atomic E-state index is -0.263. The van der Waals surface area contributed by atoms with Crippen molar-refractivity contribution in [1.82, 2.24) is 14.5 Å². The zero-order valence-electron chi connectivity index (χ0n) is 35.8. The molecule has 0 amide bonds. The molecule has 2 aromatic heterocycles. The van der Waals surface area contributed by atoms with Crippen molar-refractivity contribution in [3.8, 4) is 11.4 Å². The van der Waals surface area contributed by atoms with E-state index in [0.29, 0.717) is 0 Å². The highest BCUT2D eigenvalue weighted by molar-refractivity contribution is 6.16. The van der Waals surface area contributed by atoms with Crippen LogP contribution in [0.3, 0.4) is 0 Å². The molecular formula is C61H40N5+. The van der Waals surface area contributed by atoms with Crippen molar-refractivity contribution in [3.63, 3.8) is 0 Å². The fraction of sp³-hybridized carbons (Fsp3) is 0.0164. The quantitative estimate of drug-likeness (QED) is 0.167. The molecule has 0 aliphatic carbocycles. The van der Waals surface area contributed by atoms with Crippen LogP contribution in [0.5, 0.6) is 0 Å². The Bertz CT molecular complexity index is 4160. The van der Waals surface area contributed by atoms with Gasteiger partial charge in [-0.05, 0) is 127 Å². The van der Waals surface area contributed by atoms with Gasteiger partial charge in [0.15, 0.2) is 6.17 Å². The number of hydrogen-bond donors (Lipinski definition) is 2. The zero-order valence-corrected chi connectivity index (χ0v) is 35.8. The first-order valence-corrected chi connectivity index (χ1v) is 22.6. The Morgan fingerprint density at radius 3 is 1.67 bits per heavy atom. The SMILES string of the molecule is c1ccc(C2=[NH+]C(c3cccc4ccc(-n5c6ccccc6c6cc7cc(-n8c9ccccc9c9ccccc98)ccc7cc65)cc34)NC(c3ccc4ccc5ccccc5c4c3)=N2)cc1. The predicted molar refractivity (Wildman–Crippen MR) is 276 cm³/mol. The van der Waals surface area contributed by atoms with Gasteiger partial charge in [-0.1, -0.05) is 146 Å². The van der Waals surface area contributed by atoms with Crippen LogP contribution in [0.2, 0.25) is 0 Å². The molecule has 1 aliphatic rings. The van der Waals surface area contributed by atoms with Gasteiger partial charge in [0.25, 0.3) is 5.84 Å². The summed E-state index contributed by atoms with van der Waals surface area (Å²) >= 11 is 0. The molecular weight excluding hydrogens is 803 g/mol. The van der Waals surface area contributed by atoms with Crippen LogP contribution in [-0.4, -0.2) is 20.8 Å². The summed E-state index contributed by atoms with van der Waals surface area (Å²) in [7, 11) is 0. The second-order valence-electron chi connectivity index (χ2n) is 17.5. The Morgan fingerprint density at radius 1 is 0.348 bits per heavy atom. The maximum Gasteiger partial charge on any atom is 0.328 e. The second kappa shape index (κ2) is 14.4. The Morgan fingerprint density at radius 2 is 0.909 bits per heavy atom. The first kappa shape index (κ1) is 36.7. The number of benzene rings is 11. The van der Waals surface area contributed by atoms with E-state index in [9.17, 15) is 0 Å². The summed E-state index contributed by atoms with van der Waals surface area (Å²) in [5.74, 6) is 1.66. The molecule has 0 saturated carbocycles. The molecule has 0 bridgehead atoms. The Hall–Kier alpha value is -8.80. The molecule has 0 fully saturated rings. The number of aromatic nitrogens is 2. The summed E-state index contributed by atoms with van der Waals surface area (Å²) in [4.78, 5) is 9.09. The Balaban J connectivity index is 0.913. The van der Waals surface area contributed by atoms with E-state index in [1.807, 2.05) is 0 Å². The minimum absolute atomic E-state index is 0.263. The summed E-state index contributed by atoms with van der Waals surface area (Å²) in [6.45, 7) is 0. The van der Waals surface area contributed by atoms with Crippen molar-refractivity contribution in [3.05, 3.63) is 241 Å². The number of nitrogens with one attached hydrogen (secondary N) is 2. The third kappa shape index (κ3) is 5.66. The van der Waals surface area contributed by atoms with Crippen LogP contribution in [-0.2, 0) is 0 Å². The van der Waals surface area contributed by atoms with Crippen LogP contribution < -0.4 is 10.3 Å². The van der Waals surface area contributed by atoms with Crippen molar-refractivity contribution in [2.45, 2.75) is 6.17 Å². The fourth-order valence-electron chi connectivity index (χ4n) is 10.7. The second-order valence-corrected chi connectivity index (χ2v) is 17.5. The van der Waals surface area contributed by atoms with Crippen LogP contribution in [0.1, 0.15) is 22.9 Å². The molecule has 1 unspecified atom stereocenters. The number of nitrogens with zero attached hydrogens (tertiary/aromatic N) is 3. The van der Waals surface area contributed by atoms with Crippen molar-refractivity contribution in [1.29, 1.82) is 0 Å². The number of hydrogen-bond acceptors (Lipinski definition) is 2. The van der Waals surface area contributed by atoms with Gasteiger partial charge in [0.1, 0.15) is 0 Å². The molecule has 11 aromatic carbocycles. The molecule has 5 heteroatoms. The van der Waals surface area contributed by atoms with Gasteiger partial charge in [0.05, 0.1) is 27.6 Å². The first-order chi connectivity index (χ1) is 32.7. The van der Waals surface area contributed by atoms with E-state index in [1.54, 1.807) is 0 Å². The van der Waals surface area contributed by atoms with Gasteiger partial charge in [-0.3, -0.25) is 0 Å². The predicted octanol–water partition coefficient (Wildman–Crippen LogP) is 13.1. The highest BCUT2D eigenvalue weighted by Gasteiger charge is 2.29.